The number of hydrogen-bond acceptors (Lipinski definition) is 2. The molecule has 0 bridgehead atoms. The molecule has 2 amide bonds. The molecule has 76 valence electrons. The molecule has 15 heavy (non-hydrogen) atoms. The molecule has 1 aliphatic heterocycles. The smallest absolute Gasteiger partial charge is 0.258 e. The van der Waals surface area contributed by atoms with Gasteiger partial charge in [-0.15, -0.1) is 0 Å². The SMILES string of the molecule is O=C1C=C(c2cc(F)ccc2Br)C(=O)N1. The summed E-state index contributed by atoms with van der Waals surface area (Å²) in [7, 11) is 0. The van der Waals surface area contributed by atoms with E-state index in [0.29, 0.717) is 10.0 Å². The largest absolute Gasteiger partial charge is 0.289 e. The van der Waals surface area contributed by atoms with Crippen molar-refractivity contribution < 1.29 is 14.0 Å². The Balaban J connectivity index is 2.54. The summed E-state index contributed by atoms with van der Waals surface area (Å²) >= 11 is 3.19. The average Bonchev–Trinajstić information content (AvgIpc) is 2.50. The lowest BCUT2D eigenvalue weighted by Gasteiger charge is -2.03. The molecule has 3 nitrogen and oxygen atoms in total. The molecule has 1 N–H and O–H groups in total. The molecule has 1 aromatic carbocycles. The first kappa shape index (κ1) is 10.0. The van der Waals surface area contributed by atoms with Crippen molar-refractivity contribution in [2.24, 2.45) is 0 Å². The maximum Gasteiger partial charge on any atom is 0.258 e. The van der Waals surface area contributed by atoms with E-state index in [-0.39, 0.29) is 5.57 Å². The highest BCUT2D eigenvalue weighted by atomic mass is 79.9. The first-order chi connectivity index (χ1) is 7.08. The van der Waals surface area contributed by atoms with Gasteiger partial charge in [0.05, 0.1) is 5.57 Å². The zero-order valence-electron chi connectivity index (χ0n) is 7.38. The van der Waals surface area contributed by atoms with Crippen molar-refractivity contribution in [3.8, 4) is 0 Å². The molecule has 0 unspecified atom stereocenters. The number of benzene rings is 1. The van der Waals surface area contributed by atoms with E-state index >= 15 is 0 Å². The number of imide groups is 1. The van der Waals surface area contributed by atoms with Crippen LogP contribution in [0.15, 0.2) is 28.7 Å². The molecule has 0 saturated heterocycles. The van der Waals surface area contributed by atoms with Gasteiger partial charge in [0, 0.05) is 16.1 Å². The molecule has 0 fully saturated rings. The fraction of sp³-hybridized carbons (Fsp3) is 0. The third kappa shape index (κ3) is 1.83. The van der Waals surface area contributed by atoms with Gasteiger partial charge in [-0.3, -0.25) is 14.9 Å². The second-order valence-electron chi connectivity index (χ2n) is 3.00. The van der Waals surface area contributed by atoms with E-state index in [4.69, 9.17) is 0 Å². The van der Waals surface area contributed by atoms with Gasteiger partial charge in [-0.25, -0.2) is 4.39 Å². The molecule has 0 aromatic heterocycles. The van der Waals surface area contributed by atoms with E-state index in [1.165, 1.54) is 18.2 Å². The highest BCUT2D eigenvalue weighted by Gasteiger charge is 2.23. The van der Waals surface area contributed by atoms with Crippen LogP contribution in [0.2, 0.25) is 0 Å². The van der Waals surface area contributed by atoms with Gasteiger partial charge < -0.3 is 0 Å². The predicted octanol–water partition coefficient (Wildman–Crippen LogP) is 1.63. The van der Waals surface area contributed by atoms with Crippen LogP contribution in [0.1, 0.15) is 5.56 Å². The van der Waals surface area contributed by atoms with Gasteiger partial charge in [0.25, 0.3) is 11.8 Å². The first-order valence-corrected chi connectivity index (χ1v) is 4.89. The Kier molecular flexibility index (Phi) is 2.40. The fourth-order valence-electron chi connectivity index (χ4n) is 1.32. The summed E-state index contributed by atoms with van der Waals surface area (Å²) in [6.45, 7) is 0. The van der Waals surface area contributed by atoms with Crippen LogP contribution in [-0.2, 0) is 9.59 Å². The molecule has 0 spiro atoms. The van der Waals surface area contributed by atoms with Gasteiger partial charge in [0.1, 0.15) is 5.82 Å². The summed E-state index contributed by atoms with van der Waals surface area (Å²) in [6.07, 6.45) is 1.15. The maximum absolute atomic E-state index is 13.0. The topological polar surface area (TPSA) is 46.2 Å². The van der Waals surface area contributed by atoms with Crippen molar-refractivity contribution in [1.82, 2.24) is 5.32 Å². The second kappa shape index (κ2) is 3.58. The molecule has 5 heteroatoms. The van der Waals surface area contributed by atoms with Crippen molar-refractivity contribution in [1.29, 1.82) is 0 Å². The number of amides is 2. The fourth-order valence-corrected chi connectivity index (χ4v) is 1.78. The van der Waals surface area contributed by atoms with Crippen LogP contribution < -0.4 is 5.32 Å². The minimum atomic E-state index is -0.508. The minimum absolute atomic E-state index is 0.173. The second-order valence-corrected chi connectivity index (χ2v) is 3.85. The lowest BCUT2D eigenvalue weighted by atomic mass is 10.1. The Morgan fingerprint density at radius 1 is 1.27 bits per heavy atom. The summed E-state index contributed by atoms with van der Waals surface area (Å²) in [5.41, 5.74) is 0.546. The quantitative estimate of drug-likeness (QED) is 0.788. The van der Waals surface area contributed by atoms with Gasteiger partial charge in [-0.1, -0.05) is 15.9 Å². The third-order valence-corrected chi connectivity index (χ3v) is 2.67. The molecular formula is C10H5BrFNO2. The highest BCUT2D eigenvalue weighted by molar-refractivity contribution is 9.10. The lowest BCUT2D eigenvalue weighted by molar-refractivity contribution is -0.123. The number of carbonyl (C=O) groups is 2. The van der Waals surface area contributed by atoms with Gasteiger partial charge in [-0.05, 0) is 18.2 Å². The zero-order valence-corrected chi connectivity index (χ0v) is 8.97. The first-order valence-electron chi connectivity index (χ1n) is 4.10. The molecule has 0 saturated carbocycles. The molecule has 0 atom stereocenters. The zero-order chi connectivity index (χ0) is 11.0. The standard InChI is InChI=1S/C10H5BrFNO2/c11-8-2-1-5(12)3-6(8)7-4-9(14)13-10(7)15/h1-4H,(H,13,14,15). The van der Waals surface area contributed by atoms with Crippen molar-refractivity contribution in [2.45, 2.75) is 0 Å². The van der Waals surface area contributed by atoms with E-state index in [1.807, 2.05) is 0 Å². The average molecular weight is 270 g/mol. The lowest BCUT2D eigenvalue weighted by Crippen LogP contribution is -2.21. The molecule has 0 radical (unpaired) electrons. The summed E-state index contributed by atoms with van der Waals surface area (Å²) in [6, 6.07) is 3.96. The number of hydrogen-bond donors (Lipinski definition) is 1. The normalized spacial score (nSPS) is 15.2. The summed E-state index contributed by atoms with van der Waals surface area (Å²) in [5.74, 6) is -1.45. The monoisotopic (exact) mass is 269 g/mol. The van der Waals surface area contributed by atoms with E-state index in [0.717, 1.165) is 6.08 Å². The Morgan fingerprint density at radius 3 is 2.60 bits per heavy atom. The number of halogens is 2. The van der Waals surface area contributed by atoms with Crippen molar-refractivity contribution in [3.63, 3.8) is 0 Å². The molecule has 2 rings (SSSR count). The number of nitrogens with one attached hydrogen (secondary N) is 1. The Bertz CT molecular complexity index is 496. The van der Waals surface area contributed by atoms with Crippen LogP contribution in [0.4, 0.5) is 4.39 Å². The molecule has 1 heterocycles. The van der Waals surface area contributed by atoms with Crippen LogP contribution in [-0.4, -0.2) is 11.8 Å². The molecular weight excluding hydrogens is 265 g/mol. The summed E-state index contributed by atoms with van der Waals surface area (Å²) < 4.78 is 13.5. The van der Waals surface area contributed by atoms with E-state index < -0.39 is 17.6 Å². The predicted molar refractivity (Wildman–Crippen MR) is 55.2 cm³/mol. The molecule has 1 aromatic rings. The molecule has 0 aliphatic carbocycles. The van der Waals surface area contributed by atoms with Crippen LogP contribution in [0.3, 0.4) is 0 Å². The van der Waals surface area contributed by atoms with E-state index in [9.17, 15) is 14.0 Å². The van der Waals surface area contributed by atoms with Gasteiger partial charge in [-0.2, -0.15) is 0 Å². The Hall–Kier alpha value is -1.49. The number of rotatable bonds is 1. The van der Waals surface area contributed by atoms with Gasteiger partial charge in [0.15, 0.2) is 0 Å². The molecule has 1 aliphatic rings. The summed E-state index contributed by atoms with van der Waals surface area (Å²) in [4.78, 5) is 22.2. The Morgan fingerprint density at radius 2 is 2.00 bits per heavy atom. The number of carbonyl (C=O) groups excluding carboxylic acids is 2. The van der Waals surface area contributed by atoms with E-state index in [2.05, 4.69) is 21.2 Å². The third-order valence-electron chi connectivity index (χ3n) is 1.98. The van der Waals surface area contributed by atoms with Crippen molar-refractivity contribution in [2.75, 3.05) is 0 Å². The van der Waals surface area contributed by atoms with Gasteiger partial charge in [0.2, 0.25) is 0 Å². The van der Waals surface area contributed by atoms with Gasteiger partial charge >= 0.3 is 0 Å². The van der Waals surface area contributed by atoms with Crippen molar-refractivity contribution >= 4 is 33.3 Å². The minimum Gasteiger partial charge on any atom is -0.289 e. The van der Waals surface area contributed by atoms with Crippen molar-refractivity contribution in [3.05, 3.63) is 40.1 Å². The highest BCUT2D eigenvalue weighted by Crippen LogP contribution is 2.27. The maximum atomic E-state index is 13.0. The summed E-state index contributed by atoms with van der Waals surface area (Å²) in [5, 5.41) is 2.10. The van der Waals surface area contributed by atoms with Crippen LogP contribution in [0, 0.1) is 5.82 Å². The van der Waals surface area contributed by atoms with E-state index in [1.54, 1.807) is 0 Å². The van der Waals surface area contributed by atoms with Crippen LogP contribution >= 0.6 is 15.9 Å². The van der Waals surface area contributed by atoms with Crippen LogP contribution in [0.5, 0.6) is 0 Å². The Labute approximate surface area is 93.1 Å². The van der Waals surface area contributed by atoms with Crippen LogP contribution in [0.25, 0.3) is 5.57 Å².